The van der Waals surface area contributed by atoms with E-state index in [1.807, 2.05) is 20.8 Å². The first-order chi connectivity index (χ1) is 18.2. The Kier molecular flexibility index (Phi) is 14.0. The SMILES string of the molecule is CCC(=O)C1C(C)CC[C@H]1C(=O)O.CCC(=O)C1[C@@H](C)CC[C@H]1C(=O)O.CCC(=O)C1[C@H](C)CC[C@H]1C(=O)O. The molecule has 9 atom stereocenters. The number of rotatable bonds is 9. The molecule has 9 heteroatoms. The molecule has 0 aliphatic heterocycles. The van der Waals surface area contributed by atoms with Crippen LogP contribution in [0.25, 0.3) is 0 Å². The first kappa shape index (κ1) is 34.4. The van der Waals surface area contributed by atoms with Crippen LogP contribution in [0.15, 0.2) is 0 Å². The predicted molar refractivity (Wildman–Crippen MR) is 145 cm³/mol. The van der Waals surface area contributed by atoms with Gasteiger partial charge in [-0.05, 0) is 56.3 Å². The topological polar surface area (TPSA) is 163 Å². The second kappa shape index (κ2) is 15.9. The van der Waals surface area contributed by atoms with Crippen LogP contribution >= 0.6 is 0 Å². The van der Waals surface area contributed by atoms with Crippen molar-refractivity contribution in [3.8, 4) is 0 Å². The molecule has 0 heterocycles. The molecule has 0 bridgehead atoms. The molecular weight excluding hydrogens is 504 g/mol. The quantitative estimate of drug-likeness (QED) is 0.351. The Morgan fingerprint density at radius 3 is 0.821 bits per heavy atom. The van der Waals surface area contributed by atoms with E-state index in [0.29, 0.717) is 38.5 Å². The van der Waals surface area contributed by atoms with Crippen molar-refractivity contribution in [2.24, 2.45) is 53.3 Å². The lowest BCUT2D eigenvalue weighted by Crippen LogP contribution is -2.28. The van der Waals surface area contributed by atoms with Crippen LogP contribution in [0.5, 0.6) is 0 Å². The number of hydrogen-bond donors (Lipinski definition) is 3. The predicted octanol–water partition coefficient (Wildman–Crippen LogP) is 5.14. The maximum absolute atomic E-state index is 11.5. The molecule has 3 N–H and O–H groups in total. The Hall–Kier alpha value is -2.58. The number of hydrogen-bond acceptors (Lipinski definition) is 6. The molecule has 0 radical (unpaired) electrons. The molecule has 3 saturated carbocycles. The van der Waals surface area contributed by atoms with Crippen LogP contribution in [0, 0.1) is 53.3 Å². The number of aliphatic carboxylic acids is 3. The summed E-state index contributed by atoms with van der Waals surface area (Å²) in [5.74, 6) is -3.36. The highest BCUT2D eigenvalue weighted by molar-refractivity contribution is 5.88. The van der Waals surface area contributed by atoms with E-state index in [9.17, 15) is 28.8 Å². The summed E-state index contributed by atoms with van der Waals surface area (Å²) < 4.78 is 0. The van der Waals surface area contributed by atoms with Crippen LogP contribution in [0.2, 0.25) is 0 Å². The van der Waals surface area contributed by atoms with E-state index >= 15 is 0 Å². The van der Waals surface area contributed by atoms with Crippen molar-refractivity contribution in [3.05, 3.63) is 0 Å². The Labute approximate surface area is 232 Å². The van der Waals surface area contributed by atoms with Crippen molar-refractivity contribution in [2.75, 3.05) is 0 Å². The van der Waals surface area contributed by atoms with Gasteiger partial charge in [0, 0.05) is 37.0 Å². The van der Waals surface area contributed by atoms with Crippen molar-refractivity contribution in [2.45, 2.75) is 99.3 Å². The summed E-state index contributed by atoms with van der Waals surface area (Å²) in [5.41, 5.74) is 0. The van der Waals surface area contributed by atoms with Crippen molar-refractivity contribution >= 4 is 35.3 Å². The first-order valence-corrected chi connectivity index (χ1v) is 14.5. The maximum Gasteiger partial charge on any atom is 0.307 e. The van der Waals surface area contributed by atoms with E-state index in [4.69, 9.17) is 15.3 Å². The highest BCUT2D eigenvalue weighted by atomic mass is 16.4. The first-order valence-electron chi connectivity index (χ1n) is 14.5. The van der Waals surface area contributed by atoms with Gasteiger partial charge >= 0.3 is 17.9 Å². The monoisotopic (exact) mass is 552 g/mol. The minimum absolute atomic E-state index is 0.109. The lowest BCUT2D eigenvalue weighted by molar-refractivity contribution is -0.146. The van der Waals surface area contributed by atoms with Gasteiger partial charge in [0.2, 0.25) is 0 Å². The molecule has 4 unspecified atom stereocenters. The van der Waals surface area contributed by atoms with E-state index in [0.717, 1.165) is 19.3 Å². The zero-order valence-electron chi connectivity index (χ0n) is 24.4. The van der Waals surface area contributed by atoms with Gasteiger partial charge in [-0.1, -0.05) is 41.5 Å². The average molecular weight is 553 g/mol. The molecule has 39 heavy (non-hydrogen) atoms. The minimum atomic E-state index is -0.809. The summed E-state index contributed by atoms with van der Waals surface area (Å²) in [4.78, 5) is 66.9. The van der Waals surface area contributed by atoms with Gasteiger partial charge in [-0.3, -0.25) is 28.8 Å². The second-order valence-electron chi connectivity index (χ2n) is 11.5. The Morgan fingerprint density at radius 2 is 0.667 bits per heavy atom. The summed E-state index contributed by atoms with van der Waals surface area (Å²) in [6.07, 6.45) is 5.96. The molecular formula is C30H48O9. The lowest BCUT2D eigenvalue weighted by Gasteiger charge is -2.17. The fourth-order valence-corrected chi connectivity index (χ4v) is 6.76. The third kappa shape index (κ3) is 8.97. The smallest absolute Gasteiger partial charge is 0.307 e. The zero-order valence-corrected chi connectivity index (χ0v) is 24.4. The fraction of sp³-hybridized carbons (Fsp3) is 0.800. The van der Waals surface area contributed by atoms with Gasteiger partial charge in [0.25, 0.3) is 0 Å². The number of carboxylic acids is 3. The van der Waals surface area contributed by atoms with Gasteiger partial charge in [0.1, 0.15) is 17.3 Å². The Bertz CT molecular complexity index is 781. The second-order valence-corrected chi connectivity index (χ2v) is 11.5. The minimum Gasteiger partial charge on any atom is -0.481 e. The van der Waals surface area contributed by atoms with Gasteiger partial charge in [-0.2, -0.15) is 0 Å². The molecule has 3 aliphatic rings. The van der Waals surface area contributed by atoms with E-state index in [-0.39, 0.29) is 52.9 Å². The Balaban J connectivity index is 0.000000292. The third-order valence-electron chi connectivity index (χ3n) is 9.05. The largest absolute Gasteiger partial charge is 0.481 e. The Morgan fingerprint density at radius 1 is 0.462 bits per heavy atom. The van der Waals surface area contributed by atoms with Crippen LogP contribution < -0.4 is 0 Å². The van der Waals surface area contributed by atoms with Gasteiger partial charge < -0.3 is 15.3 Å². The summed E-state index contributed by atoms with van der Waals surface area (Å²) in [5, 5.41) is 26.7. The van der Waals surface area contributed by atoms with Gasteiger partial charge in [0.15, 0.2) is 0 Å². The molecule has 9 nitrogen and oxygen atoms in total. The molecule has 0 amide bonds. The number of carbonyl (C=O) groups is 6. The number of carbonyl (C=O) groups excluding carboxylic acids is 3. The van der Waals surface area contributed by atoms with Crippen LogP contribution in [0.3, 0.4) is 0 Å². The lowest BCUT2D eigenvalue weighted by atomic mass is 9.85. The highest BCUT2D eigenvalue weighted by Gasteiger charge is 2.43. The van der Waals surface area contributed by atoms with Gasteiger partial charge in [-0.15, -0.1) is 0 Å². The number of carboxylic acid groups (broad SMARTS) is 3. The van der Waals surface area contributed by atoms with Crippen LogP contribution in [0.1, 0.15) is 99.3 Å². The van der Waals surface area contributed by atoms with E-state index < -0.39 is 35.7 Å². The molecule has 0 saturated heterocycles. The molecule has 0 spiro atoms. The van der Waals surface area contributed by atoms with E-state index in [1.165, 1.54) is 0 Å². The number of Topliss-reactive ketones (excluding diaryl/α,β-unsaturated/α-hetero) is 3. The van der Waals surface area contributed by atoms with Crippen molar-refractivity contribution in [1.82, 2.24) is 0 Å². The molecule has 0 aromatic heterocycles. The maximum atomic E-state index is 11.5. The van der Waals surface area contributed by atoms with Crippen LogP contribution in [-0.2, 0) is 28.8 Å². The van der Waals surface area contributed by atoms with Gasteiger partial charge in [0.05, 0.1) is 17.8 Å². The highest BCUT2D eigenvalue weighted by Crippen LogP contribution is 2.39. The third-order valence-corrected chi connectivity index (χ3v) is 9.05. The van der Waals surface area contributed by atoms with Crippen molar-refractivity contribution < 1.29 is 44.1 Å². The fourth-order valence-electron chi connectivity index (χ4n) is 6.76. The molecule has 222 valence electrons. The molecule has 3 rings (SSSR count). The molecule has 3 fully saturated rings. The van der Waals surface area contributed by atoms with Crippen molar-refractivity contribution in [3.63, 3.8) is 0 Å². The van der Waals surface area contributed by atoms with Gasteiger partial charge in [-0.25, -0.2) is 0 Å². The van der Waals surface area contributed by atoms with Crippen molar-refractivity contribution in [1.29, 1.82) is 0 Å². The summed E-state index contributed by atoms with van der Waals surface area (Å²) in [6.45, 7) is 11.3. The normalized spacial score (nSPS) is 33.2. The van der Waals surface area contributed by atoms with E-state index in [2.05, 4.69) is 0 Å². The zero-order chi connectivity index (χ0) is 30.0. The number of ketones is 3. The summed E-state index contributed by atoms with van der Waals surface area (Å²) in [6, 6.07) is 0. The van der Waals surface area contributed by atoms with Crippen LogP contribution in [-0.4, -0.2) is 50.6 Å². The summed E-state index contributed by atoms with van der Waals surface area (Å²) in [7, 11) is 0. The average Bonchev–Trinajstić information content (AvgIpc) is 3.59. The standard InChI is InChI=1S/3C10H16O3/c3*1-3-8(11)9-6(2)4-5-7(9)10(12)13/h3*6-7,9H,3-5H2,1-2H3,(H,12,13)/t6?,7-,9?;6-,7+,9?;6-,7-,9?/m101/s1. The van der Waals surface area contributed by atoms with E-state index in [1.54, 1.807) is 20.8 Å². The summed E-state index contributed by atoms with van der Waals surface area (Å²) >= 11 is 0. The molecule has 0 aromatic rings. The van der Waals surface area contributed by atoms with Crippen LogP contribution in [0.4, 0.5) is 0 Å². The molecule has 0 aromatic carbocycles. The molecule has 3 aliphatic carbocycles.